The van der Waals surface area contributed by atoms with Crippen molar-refractivity contribution in [1.29, 1.82) is 0 Å². The van der Waals surface area contributed by atoms with Gasteiger partial charge in [-0.15, -0.1) is 0 Å². The lowest BCUT2D eigenvalue weighted by Gasteiger charge is -2.52. The zero-order chi connectivity index (χ0) is 12.8. The van der Waals surface area contributed by atoms with E-state index in [0.717, 1.165) is 6.42 Å². The van der Waals surface area contributed by atoms with Gasteiger partial charge in [-0.2, -0.15) is 0 Å². The third-order valence-corrected chi connectivity index (χ3v) is 3.88. The number of unbranched alkanes of at least 4 members (excludes halogenated alkanes) is 5. The lowest BCUT2D eigenvalue weighted by molar-refractivity contribution is -0.981. The summed E-state index contributed by atoms with van der Waals surface area (Å²) in [4.78, 5) is 0. The molecule has 0 saturated carbocycles. The van der Waals surface area contributed by atoms with E-state index in [4.69, 9.17) is 0 Å². The van der Waals surface area contributed by atoms with Crippen molar-refractivity contribution in [3.05, 3.63) is 10.4 Å². The fourth-order valence-corrected chi connectivity index (χ4v) is 2.42. The number of piperazine rings is 1. The second-order valence-corrected chi connectivity index (χ2v) is 5.74. The summed E-state index contributed by atoms with van der Waals surface area (Å²) in [5.74, 6) is 0. The van der Waals surface area contributed by atoms with E-state index < -0.39 is 0 Å². The monoisotopic (exact) mass is 244 g/mol. The minimum absolute atomic E-state index is 0.121. The van der Waals surface area contributed by atoms with Crippen molar-refractivity contribution in [2.24, 2.45) is 0 Å². The molecule has 1 aliphatic heterocycles. The van der Waals surface area contributed by atoms with E-state index in [0.29, 0.717) is 32.7 Å². The number of nitrogens with zero attached hydrogens (tertiary/aromatic N) is 2. The van der Waals surface area contributed by atoms with Crippen molar-refractivity contribution in [1.82, 2.24) is 0 Å². The predicted octanol–water partition coefficient (Wildman–Crippen LogP) is 2.62. The van der Waals surface area contributed by atoms with Crippen LogP contribution in [0.5, 0.6) is 0 Å². The van der Waals surface area contributed by atoms with E-state index in [2.05, 4.69) is 6.92 Å². The zero-order valence-electron chi connectivity index (χ0n) is 11.5. The van der Waals surface area contributed by atoms with Gasteiger partial charge in [0.05, 0.1) is 13.6 Å². The Bertz CT molecular complexity index is 209. The summed E-state index contributed by atoms with van der Waals surface area (Å²) in [5, 5.41) is 23.9. The van der Waals surface area contributed by atoms with Gasteiger partial charge in [0.2, 0.25) is 0 Å². The van der Waals surface area contributed by atoms with Gasteiger partial charge >= 0.3 is 0 Å². The molecule has 0 N–H and O–H groups in total. The standard InChI is InChI=1S/C13H28N2O2/c1-3-4-5-6-7-8-9-15(17)12-10-14(2,16)11-13-15/h3-13H2,1-2H3. The van der Waals surface area contributed by atoms with Crippen LogP contribution in [0.25, 0.3) is 0 Å². The summed E-state index contributed by atoms with van der Waals surface area (Å²) in [6, 6.07) is 0. The Balaban J connectivity index is 2.10. The Morgan fingerprint density at radius 1 is 0.824 bits per heavy atom. The van der Waals surface area contributed by atoms with Crippen LogP contribution in [0, 0.1) is 10.4 Å². The van der Waals surface area contributed by atoms with Crippen LogP contribution in [0.15, 0.2) is 0 Å². The molecule has 4 nitrogen and oxygen atoms in total. The number of rotatable bonds is 7. The molecule has 0 radical (unpaired) electrons. The normalized spacial score (nSPS) is 33.9. The summed E-state index contributed by atoms with van der Waals surface area (Å²) >= 11 is 0. The van der Waals surface area contributed by atoms with Crippen molar-refractivity contribution >= 4 is 0 Å². The summed E-state index contributed by atoms with van der Waals surface area (Å²) < 4.78 is -0.345. The first-order chi connectivity index (χ1) is 7.97. The van der Waals surface area contributed by atoms with Crippen LogP contribution in [0.1, 0.15) is 45.4 Å². The summed E-state index contributed by atoms with van der Waals surface area (Å²) in [6.45, 7) is 4.92. The SMILES string of the molecule is CCCCCCCC[N+]1([O-])CC[N+](C)([O-])CC1. The first-order valence-electron chi connectivity index (χ1n) is 7.10. The molecular formula is C13H28N2O2. The third-order valence-electron chi connectivity index (χ3n) is 3.88. The second-order valence-electron chi connectivity index (χ2n) is 5.74. The number of hydrogen-bond acceptors (Lipinski definition) is 2. The van der Waals surface area contributed by atoms with Gasteiger partial charge in [0.15, 0.2) is 0 Å². The van der Waals surface area contributed by atoms with Gasteiger partial charge in [0.1, 0.15) is 26.2 Å². The third kappa shape index (κ3) is 5.82. The maximum atomic E-state index is 12.3. The Hall–Kier alpha value is -0.160. The molecule has 1 fully saturated rings. The highest BCUT2D eigenvalue weighted by Crippen LogP contribution is 2.17. The summed E-state index contributed by atoms with van der Waals surface area (Å²) in [5.41, 5.74) is 0. The minimum atomic E-state index is -0.223. The van der Waals surface area contributed by atoms with Gasteiger partial charge in [0, 0.05) is 0 Å². The molecular weight excluding hydrogens is 216 g/mol. The molecule has 0 unspecified atom stereocenters. The number of likely N-dealkylation sites (N-methyl/N-ethyl adjacent to an activating group) is 1. The van der Waals surface area contributed by atoms with Gasteiger partial charge in [-0.05, 0) is 12.8 Å². The number of quaternary nitrogens is 2. The number of hydroxylamine groups is 6. The van der Waals surface area contributed by atoms with Crippen molar-refractivity contribution in [2.45, 2.75) is 45.4 Å². The Kier molecular flexibility index (Phi) is 5.86. The van der Waals surface area contributed by atoms with Crippen LogP contribution in [0.2, 0.25) is 0 Å². The van der Waals surface area contributed by atoms with E-state index in [1.807, 2.05) is 0 Å². The molecule has 1 aliphatic rings. The maximum absolute atomic E-state index is 12.3. The van der Waals surface area contributed by atoms with Crippen molar-refractivity contribution < 1.29 is 9.29 Å². The van der Waals surface area contributed by atoms with Crippen LogP contribution in [0.3, 0.4) is 0 Å². The van der Waals surface area contributed by atoms with Gasteiger partial charge in [-0.25, -0.2) is 0 Å². The Morgan fingerprint density at radius 3 is 1.94 bits per heavy atom. The minimum Gasteiger partial charge on any atom is -0.633 e. The van der Waals surface area contributed by atoms with E-state index in [-0.39, 0.29) is 9.29 Å². The van der Waals surface area contributed by atoms with Gasteiger partial charge in [-0.3, -0.25) is 0 Å². The molecule has 102 valence electrons. The average Bonchev–Trinajstić information content (AvgIpc) is 2.28. The molecule has 0 bridgehead atoms. The van der Waals surface area contributed by atoms with Gasteiger partial charge in [0.25, 0.3) is 0 Å². The number of hydrogen-bond donors (Lipinski definition) is 0. The Morgan fingerprint density at radius 2 is 1.35 bits per heavy atom. The topological polar surface area (TPSA) is 46.1 Å². The molecule has 0 aromatic rings. The molecule has 0 amide bonds. The molecule has 17 heavy (non-hydrogen) atoms. The lowest BCUT2D eigenvalue weighted by Crippen LogP contribution is -2.61. The molecule has 1 saturated heterocycles. The van der Waals surface area contributed by atoms with E-state index in [9.17, 15) is 10.4 Å². The highest BCUT2D eigenvalue weighted by Gasteiger charge is 2.28. The summed E-state index contributed by atoms with van der Waals surface area (Å²) in [6.07, 6.45) is 7.32. The fraction of sp³-hybridized carbons (Fsp3) is 1.00. The van der Waals surface area contributed by atoms with Crippen molar-refractivity contribution in [3.63, 3.8) is 0 Å². The molecule has 0 spiro atoms. The van der Waals surface area contributed by atoms with Crippen LogP contribution >= 0.6 is 0 Å². The molecule has 0 aromatic heterocycles. The van der Waals surface area contributed by atoms with Gasteiger partial charge < -0.3 is 19.7 Å². The van der Waals surface area contributed by atoms with Crippen molar-refractivity contribution in [3.8, 4) is 0 Å². The second kappa shape index (κ2) is 6.69. The molecule has 0 aromatic carbocycles. The maximum Gasteiger partial charge on any atom is 0.129 e. The highest BCUT2D eigenvalue weighted by atomic mass is 16.6. The lowest BCUT2D eigenvalue weighted by atomic mass is 10.1. The van der Waals surface area contributed by atoms with Crippen molar-refractivity contribution in [2.75, 3.05) is 39.8 Å². The molecule has 0 atom stereocenters. The zero-order valence-corrected chi connectivity index (χ0v) is 11.5. The smallest absolute Gasteiger partial charge is 0.129 e. The predicted molar refractivity (Wildman–Crippen MR) is 70.9 cm³/mol. The first-order valence-corrected chi connectivity index (χ1v) is 7.10. The van der Waals surface area contributed by atoms with E-state index in [1.54, 1.807) is 7.05 Å². The van der Waals surface area contributed by atoms with E-state index >= 15 is 0 Å². The van der Waals surface area contributed by atoms with Gasteiger partial charge in [-0.1, -0.05) is 32.6 Å². The average molecular weight is 244 g/mol. The first kappa shape index (κ1) is 14.9. The van der Waals surface area contributed by atoms with Crippen LogP contribution in [-0.4, -0.2) is 49.1 Å². The Labute approximate surface area is 106 Å². The quantitative estimate of drug-likeness (QED) is 0.392. The molecule has 1 rings (SSSR count). The molecule has 1 heterocycles. The molecule has 4 heteroatoms. The van der Waals surface area contributed by atoms with Crippen LogP contribution in [-0.2, 0) is 0 Å². The molecule has 0 aliphatic carbocycles. The fourth-order valence-electron chi connectivity index (χ4n) is 2.42. The van der Waals surface area contributed by atoms with Crippen LogP contribution in [0.4, 0.5) is 0 Å². The largest absolute Gasteiger partial charge is 0.633 e. The highest BCUT2D eigenvalue weighted by molar-refractivity contribution is 4.54. The summed E-state index contributed by atoms with van der Waals surface area (Å²) in [7, 11) is 1.67. The van der Waals surface area contributed by atoms with E-state index in [1.165, 1.54) is 32.1 Å². The van der Waals surface area contributed by atoms with Crippen LogP contribution < -0.4 is 0 Å².